The molecule has 0 bridgehead atoms. The molecule has 2 unspecified atom stereocenters. The summed E-state index contributed by atoms with van der Waals surface area (Å²) in [6, 6.07) is 0.605. The van der Waals surface area contributed by atoms with Crippen LogP contribution in [0.5, 0.6) is 0 Å². The zero-order valence-corrected chi connectivity index (χ0v) is 13.1. The second kappa shape index (κ2) is 6.64. The molecule has 0 aromatic carbocycles. The summed E-state index contributed by atoms with van der Waals surface area (Å²) in [5.74, 6) is 0. The van der Waals surface area contributed by atoms with Crippen LogP contribution in [0.1, 0.15) is 56.5 Å². The second-order valence-electron chi connectivity index (χ2n) is 6.30. The van der Waals surface area contributed by atoms with Gasteiger partial charge in [0.05, 0.1) is 6.04 Å². The number of thiazole rings is 1. The van der Waals surface area contributed by atoms with Gasteiger partial charge in [-0.15, -0.1) is 11.3 Å². The van der Waals surface area contributed by atoms with Crippen LogP contribution >= 0.6 is 11.3 Å². The fourth-order valence-electron chi connectivity index (χ4n) is 2.03. The Morgan fingerprint density at radius 1 is 1.44 bits per heavy atom. The molecule has 1 heterocycles. The SMILES string of the molecule is Cc1cnc(C(C)NCCC(N)CC(C)(C)C)s1. The van der Waals surface area contributed by atoms with Crippen molar-refractivity contribution in [3.8, 4) is 0 Å². The highest BCUT2D eigenvalue weighted by Gasteiger charge is 2.16. The highest BCUT2D eigenvalue weighted by Crippen LogP contribution is 2.21. The Hall–Kier alpha value is -0.450. The van der Waals surface area contributed by atoms with Gasteiger partial charge in [-0.25, -0.2) is 4.98 Å². The van der Waals surface area contributed by atoms with Crippen molar-refractivity contribution in [3.63, 3.8) is 0 Å². The van der Waals surface area contributed by atoms with Crippen molar-refractivity contribution in [2.45, 2.75) is 59.5 Å². The maximum absolute atomic E-state index is 6.14. The Bertz CT molecular complexity index is 354. The number of nitrogens with zero attached hydrogens (tertiary/aromatic N) is 1. The molecule has 1 rings (SSSR count). The van der Waals surface area contributed by atoms with E-state index >= 15 is 0 Å². The molecule has 4 heteroatoms. The minimum absolute atomic E-state index is 0.280. The summed E-state index contributed by atoms with van der Waals surface area (Å²) in [4.78, 5) is 5.66. The minimum atomic E-state index is 0.280. The highest BCUT2D eigenvalue weighted by molar-refractivity contribution is 7.11. The van der Waals surface area contributed by atoms with Crippen LogP contribution in [0.2, 0.25) is 0 Å². The van der Waals surface area contributed by atoms with E-state index in [9.17, 15) is 0 Å². The first-order valence-corrected chi connectivity index (χ1v) is 7.51. The zero-order chi connectivity index (χ0) is 13.8. The lowest BCUT2D eigenvalue weighted by atomic mass is 9.87. The third-order valence-corrected chi connectivity index (χ3v) is 3.95. The van der Waals surface area contributed by atoms with Gasteiger partial charge in [-0.05, 0) is 38.6 Å². The first-order valence-electron chi connectivity index (χ1n) is 6.69. The van der Waals surface area contributed by atoms with Gasteiger partial charge < -0.3 is 11.1 Å². The van der Waals surface area contributed by atoms with Gasteiger partial charge in [0.2, 0.25) is 0 Å². The van der Waals surface area contributed by atoms with Crippen LogP contribution < -0.4 is 11.1 Å². The molecule has 3 nitrogen and oxygen atoms in total. The number of rotatable bonds is 6. The zero-order valence-electron chi connectivity index (χ0n) is 12.3. The van der Waals surface area contributed by atoms with E-state index in [4.69, 9.17) is 5.73 Å². The van der Waals surface area contributed by atoms with Crippen LogP contribution in [-0.2, 0) is 0 Å². The number of aromatic nitrogens is 1. The van der Waals surface area contributed by atoms with Crippen molar-refractivity contribution in [1.82, 2.24) is 10.3 Å². The van der Waals surface area contributed by atoms with Crippen molar-refractivity contribution < 1.29 is 0 Å². The Morgan fingerprint density at radius 3 is 2.61 bits per heavy atom. The summed E-state index contributed by atoms with van der Waals surface area (Å²) in [5, 5.41) is 4.66. The van der Waals surface area contributed by atoms with E-state index in [1.165, 1.54) is 4.88 Å². The maximum atomic E-state index is 6.14. The van der Waals surface area contributed by atoms with E-state index in [-0.39, 0.29) is 6.04 Å². The molecule has 0 saturated carbocycles. The molecule has 0 spiro atoms. The van der Waals surface area contributed by atoms with E-state index in [0.717, 1.165) is 24.4 Å². The van der Waals surface area contributed by atoms with Gasteiger partial charge in [0.1, 0.15) is 5.01 Å². The fraction of sp³-hybridized carbons (Fsp3) is 0.786. The summed E-state index contributed by atoms with van der Waals surface area (Å²) in [6.45, 7) is 11.9. The molecule has 18 heavy (non-hydrogen) atoms. The van der Waals surface area contributed by atoms with Crippen LogP contribution in [0.15, 0.2) is 6.20 Å². The quantitative estimate of drug-likeness (QED) is 0.833. The molecule has 0 radical (unpaired) electrons. The van der Waals surface area contributed by atoms with E-state index < -0.39 is 0 Å². The minimum Gasteiger partial charge on any atom is -0.328 e. The number of nitrogens with two attached hydrogens (primary N) is 1. The standard InChI is InChI=1S/C14H27N3S/c1-10-9-17-13(18-10)11(2)16-7-6-12(15)8-14(3,4)5/h9,11-12,16H,6-8,15H2,1-5H3. The van der Waals surface area contributed by atoms with Crippen molar-refractivity contribution in [1.29, 1.82) is 0 Å². The van der Waals surface area contributed by atoms with Crippen LogP contribution in [0, 0.1) is 12.3 Å². The van der Waals surface area contributed by atoms with Crippen molar-refractivity contribution >= 4 is 11.3 Å². The van der Waals surface area contributed by atoms with Crippen molar-refractivity contribution in [2.75, 3.05) is 6.54 Å². The lowest BCUT2D eigenvalue weighted by Gasteiger charge is -2.23. The molecule has 0 aliphatic carbocycles. The molecule has 0 aliphatic heterocycles. The summed E-state index contributed by atoms with van der Waals surface area (Å²) in [7, 11) is 0. The average molecular weight is 269 g/mol. The van der Waals surface area contributed by atoms with Gasteiger partial charge in [0.15, 0.2) is 0 Å². The molecule has 3 N–H and O–H groups in total. The van der Waals surface area contributed by atoms with Crippen LogP contribution in [-0.4, -0.2) is 17.6 Å². The van der Waals surface area contributed by atoms with Gasteiger partial charge >= 0.3 is 0 Å². The van der Waals surface area contributed by atoms with Gasteiger partial charge in [-0.3, -0.25) is 0 Å². The van der Waals surface area contributed by atoms with E-state index in [1.54, 1.807) is 11.3 Å². The molecule has 104 valence electrons. The van der Waals surface area contributed by atoms with E-state index in [0.29, 0.717) is 11.5 Å². The summed E-state index contributed by atoms with van der Waals surface area (Å²) < 4.78 is 0. The topological polar surface area (TPSA) is 50.9 Å². The number of hydrogen-bond donors (Lipinski definition) is 2. The van der Waals surface area contributed by atoms with E-state index in [1.807, 2.05) is 6.20 Å². The summed E-state index contributed by atoms with van der Waals surface area (Å²) >= 11 is 1.76. The Labute approximate surface area is 115 Å². The van der Waals surface area contributed by atoms with Crippen molar-refractivity contribution in [3.05, 3.63) is 16.1 Å². The number of hydrogen-bond acceptors (Lipinski definition) is 4. The van der Waals surface area contributed by atoms with Gasteiger partial charge in [0.25, 0.3) is 0 Å². The van der Waals surface area contributed by atoms with Crippen LogP contribution in [0.3, 0.4) is 0 Å². The number of aryl methyl sites for hydroxylation is 1. The van der Waals surface area contributed by atoms with Crippen molar-refractivity contribution in [2.24, 2.45) is 11.1 Å². The lowest BCUT2D eigenvalue weighted by Crippen LogP contribution is -2.31. The predicted molar refractivity (Wildman–Crippen MR) is 79.9 cm³/mol. The fourth-order valence-corrected chi connectivity index (χ4v) is 2.83. The van der Waals surface area contributed by atoms with Gasteiger partial charge in [-0.1, -0.05) is 20.8 Å². The molecule has 0 amide bonds. The smallest absolute Gasteiger partial charge is 0.109 e. The normalized spacial score (nSPS) is 15.7. The molecule has 1 aromatic heterocycles. The highest BCUT2D eigenvalue weighted by atomic mass is 32.1. The maximum Gasteiger partial charge on any atom is 0.109 e. The molecular weight excluding hydrogens is 242 g/mol. The lowest BCUT2D eigenvalue weighted by molar-refractivity contribution is 0.327. The second-order valence-corrected chi connectivity index (χ2v) is 7.56. The number of nitrogens with one attached hydrogen (secondary N) is 1. The van der Waals surface area contributed by atoms with Gasteiger partial charge in [0, 0.05) is 17.1 Å². The molecular formula is C14H27N3S. The molecule has 2 atom stereocenters. The molecule has 0 saturated heterocycles. The Balaban J connectivity index is 2.25. The third kappa shape index (κ3) is 5.94. The van der Waals surface area contributed by atoms with Gasteiger partial charge in [-0.2, -0.15) is 0 Å². The Morgan fingerprint density at radius 2 is 2.11 bits per heavy atom. The molecule has 0 fully saturated rings. The average Bonchev–Trinajstić information content (AvgIpc) is 2.62. The first-order chi connectivity index (χ1) is 8.28. The molecule has 1 aromatic rings. The van der Waals surface area contributed by atoms with Crippen LogP contribution in [0.4, 0.5) is 0 Å². The monoisotopic (exact) mass is 269 g/mol. The largest absolute Gasteiger partial charge is 0.328 e. The third-order valence-electron chi connectivity index (χ3n) is 2.85. The first kappa shape index (κ1) is 15.6. The predicted octanol–water partition coefficient (Wildman–Crippen LogP) is 3.26. The Kier molecular flexibility index (Phi) is 5.76. The van der Waals surface area contributed by atoms with Crippen LogP contribution in [0.25, 0.3) is 0 Å². The van der Waals surface area contributed by atoms with E-state index in [2.05, 4.69) is 44.9 Å². The molecule has 0 aliphatic rings. The summed E-state index contributed by atoms with van der Waals surface area (Å²) in [6.07, 6.45) is 4.02. The summed E-state index contributed by atoms with van der Waals surface area (Å²) in [5.41, 5.74) is 6.45.